The van der Waals surface area contributed by atoms with Crippen LogP contribution in [0.2, 0.25) is 0 Å². The second-order valence-corrected chi connectivity index (χ2v) is 8.21. The van der Waals surface area contributed by atoms with Gasteiger partial charge in [0, 0.05) is 23.9 Å². The predicted octanol–water partition coefficient (Wildman–Crippen LogP) is 3.26. The van der Waals surface area contributed by atoms with Gasteiger partial charge in [0.1, 0.15) is 17.2 Å². The van der Waals surface area contributed by atoms with Crippen molar-refractivity contribution >= 4 is 5.97 Å². The molecule has 1 saturated heterocycles. The summed E-state index contributed by atoms with van der Waals surface area (Å²) in [5, 5.41) is 10.9. The summed E-state index contributed by atoms with van der Waals surface area (Å²) in [6, 6.07) is 6.56. The average Bonchev–Trinajstić information content (AvgIpc) is 2.82. The zero-order chi connectivity index (χ0) is 24.1. The largest absolute Gasteiger partial charge is 0.507 e. The summed E-state index contributed by atoms with van der Waals surface area (Å²) < 4.78 is 17.9. The number of nitrogens with zero attached hydrogens (tertiary/aromatic N) is 2. The van der Waals surface area contributed by atoms with Gasteiger partial charge in [0.2, 0.25) is 0 Å². The molecular weight excluding hydrogens is 424 g/mol. The molecule has 1 N–H and O–H groups in total. The van der Waals surface area contributed by atoms with Crippen LogP contribution in [0.1, 0.15) is 49.6 Å². The summed E-state index contributed by atoms with van der Waals surface area (Å²) in [5.74, 6) is 0.808. The van der Waals surface area contributed by atoms with Gasteiger partial charge in [0.05, 0.1) is 38.3 Å². The van der Waals surface area contributed by atoms with Crippen LogP contribution >= 0.6 is 0 Å². The van der Waals surface area contributed by atoms with E-state index >= 15 is 0 Å². The van der Waals surface area contributed by atoms with Gasteiger partial charge in [-0.3, -0.25) is 14.5 Å². The first kappa shape index (κ1) is 24.6. The summed E-state index contributed by atoms with van der Waals surface area (Å²) in [5.41, 5.74) is 1.53. The van der Waals surface area contributed by atoms with Crippen LogP contribution < -0.4 is 15.0 Å². The first-order valence-electron chi connectivity index (χ1n) is 11.4. The molecule has 1 aliphatic heterocycles. The molecule has 0 bridgehead atoms. The van der Waals surface area contributed by atoms with Crippen LogP contribution in [-0.2, 0) is 16.1 Å². The Morgan fingerprint density at radius 2 is 1.85 bits per heavy atom. The molecule has 8 heteroatoms. The van der Waals surface area contributed by atoms with E-state index in [0.717, 1.165) is 5.56 Å². The second kappa shape index (κ2) is 10.7. The van der Waals surface area contributed by atoms with Crippen molar-refractivity contribution in [2.75, 3.05) is 33.9 Å². The Morgan fingerprint density at radius 1 is 1.15 bits per heavy atom. The summed E-state index contributed by atoms with van der Waals surface area (Å²) in [6.45, 7) is 7.52. The maximum atomic E-state index is 13.5. The van der Waals surface area contributed by atoms with Crippen molar-refractivity contribution in [2.45, 2.75) is 46.2 Å². The van der Waals surface area contributed by atoms with Crippen molar-refractivity contribution < 1.29 is 24.1 Å². The summed E-state index contributed by atoms with van der Waals surface area (Å²) >= 11 is 0. The van der Waals surface area contributed by atoms with Gasteiger partial charge in [-0.15, -0.1) is 0 Å². The van der Waals surface area contributed by atoms with Gasteiger partial charge >= 0.3 is 5.97 Å². The van der Waals surface area contributed by atoms with Gasteiger partial charge in [-0.2, -0.15) is 0 Å². The van der Waals surface area contributed by atoms with Crippen LogP contribution in [0.4, 0.5) is 0 Å². The lowest BCUT2D eigenvalue weighted by Gasteiger charge is -2.38. The molecule has 0 amide bonds. The van der Waals surface area contributed by atoms with E-state index in [9.17, 15) is 14.7 Å². The molecule has 0 radical (unpaired) electrons. The molecule has 1 fully saturated rings. The van der Waals surface area contributed by atoms with Crippen LogP contribution in [0.5, 0.6) is 17.2 Å². The predicted molar refractivity (Wildman–Crippen MR) is 125 cm³/mol. The molecule has 0 aliphatic carbocycles. The highest BCUT2D eigenvalue weighted by Crippen LogP contribution is 2.40. The van der Waals surface area contributed by atoms with Gasteiger partial charge < -0.3 is 23.9 Å². The monoisotopic (exact) mass is 458 g/mol. The molecule has 0 spiro atoms. The smallest absolute Gasteiger partial charge is 0.309 e. The minimum absolute atomic E-state index is 0.0439. The van der Waals surface area contributed by atoms with Crippen molar-refractivity contribution in [1.29, 1.82) is 0 Å². The summed E-state index contributed by atoms with van der Waals surface area (Å²) in [7, 11) is 3.15. The highest BCUT2D eigenvalue weighted by molar-refractivity contribution is 5.72. The van der Waals surface area contributed by atoms with Crippen LogP contribution in [0.15, 0.2) is 29.1 Å². The average molecular weight is 459 g/mol. The van der Waals surface area contributed by atoms with Crippen molar-refractivity contribution in [1.82, 2.24) is 9.47 Å². The van der Waals surface area contributed by atoms with E-state index in [1.807, 2.05) is 26.0 Å². The quantitative estimate of drug-likeness (QED) is 0.607. The number of aromatic nitrogens is 1. The standard InChI is InChI=1S/C25H34N2O6/c1-6-27-16(3)14-20(28)22(24(27)29)23(19-9-8-18(31-4)15-21(19)32-5)26-12-10-17(11-13-26)25(30)33-7-2/h8-9,14-15,17,23,28H,6-7,10-13H2,1-5H3/t23-/m1/s1. The number of ether oxygens (including phenoxy) is 3. The van der Waals surface area contributed by atoms with E-state index in [-0.39, 0.29) is 23.2 Å². The molecule has 1 aromatic carbocycles. The number of piperidine rings is 1. The molecule has 2 heterocycles. The van der Waals surface area contributed by atoms with Gasteiger partial charge in [0.25, 0.3) is 5.56 Å². The Hall–Kier alpha value is -3.00. The zero-order valence-electron chi connectivity index (χ0n) is 20.1. The Morgan fingerprint density at radius 3 is 2.42 bits per heavy atom. The van der Waals surface area contributed by atoms with Gasteiger partial charge in [0.15, 0.2) is 0 Å². The van der Waals surface area contributed by atoms with Crippen LogP contribution in [0.3, 0.4) is 0 Å². The lowest BCUT2D eigenvalue weighted by Crippen LogP contribution is -2.42. The molecule has 33 heavy (non-hydrogen) atoms. The molecule has 1 atom stereocenters. The number of esters is 1. The third-order valence-electron chi connectivity index (χ3n) is 6.36. The molecule has 1 aliphatic rings. The van der Waals surface area contributed by atoms with Crippen LogP contribution in [0.25, 0.3) is 0 Å². The van der Waals surface area contributed by atoms with E-state index in [1.165, 1.54) is 0 Å². The van der Waals surface area contributed by atoms with Crippen LogP contribution in [0, 0.1) is 12.8 Å². The van der Waals surface area contributed by atoms with E-state index in [2.05, 4.69) is 4.90 Å². The number of aryl methyl sites for hydroxylation is 1. The normalized spacial score (nSPS) is 15.8. The number of methoxy groups -OCH3 is 2. The zero-order valence-corrected chi connectivity index (χ0v) is 20.1. The van der Waals surface area contributed by atoms with Gasteiger partial charge in [-0.25, -0.2) is 0 Å². The maximum Gasteiger partial charge on any atom is 0.309 e. The number of benzene rings is 1. The number of hydrogen-bond donors (Lipinski definition) is 1. The molecule has 2 aromatic rings. The Bertz CT molecular complexity index is 1040. The number of rotatable bonds is 8. The third kappa shape index (κ3) is 5.00. The summed E-state index contributed by atoms with van der Waals surface area (Å²) in [6.07, 6.45) is 1.23. The fourth-order valence-electron chi connectivity index (χ4n) is 4.65. The number of hydrogen-bond acceptors (Lipinski definition) is 7. The van der Waals surface area contributed by atoms with Crippen molar-refractivity contribution in [3.05, 3.63) is 51.4 Å². The first-order chi connectivity index (χ1) is 15.9. The summed E-state index contributed by atoms with van der Waals surface area (Å²) in [4.78, 5) is 27.9. The molecule has 3 rings (SSSR count). The number of carbonyl (C=O) groups excluding carboxylic acids is 1. The molecule has 0 saturated carbocycles. The number of carbonyl (C=O) groups is 1. The second-order valence-electron chi connectivity index (χ2n) is 8.21. The van der Waals surface area contributed by atoms with Gasteiger partial charge in [-0.1, -0.05) is 0 Å². The van der Waals surface area contributed by atoms with E-state index in [1.54, 1.807) is 37.8 Å². The van der Waals surface area contributed by atoms with Crippen molar-refractivity contribution in [2.24, 2.45) is 5.92 Å². The van der Waals surface area contributed by atoms with E-state index in [4.69, 9.17) is 14.2 Å². The number of pyridine rings is 1. The lowest BCUT2D eigenvalue weighted by atomic mass is 9.90. The van der Waals surface area contributed by atoms with Gasteiger partial charge in [-0.05, 0) is 64.9 Å². The highest BCUT2D eigenvalue weighted by Gasteiger charge is 2.35. The Kier molecular flexibility index (Phi) is 8.02. The number of aromatic hydroxyl groups is 1. The van der Waals surface area contributed by atoms with E-state index in [0.29, 0.717) is 61.8 Å². The molecular formula is C25H34N2O6. The molecule has 1 aromatic heterocycles. The Balaban J connectivity index is 2.11. The molecule has 180 valence electrons. The van der Waals surface area contributed by atoms with E-state index < -0.39 is 6.04 Å². The third-order valence-corrected chi connectivity index (χ3v) is 6.36. The number of likely N-dealkylation sites (tertiary alicyclic amines) is 1. The Labute approximate surface area is 194 Å². The maximum absolute atomic E-state index is 13.5. The lowest BCUT2D eigenvalue weighted by molar-refractivity contribution is -0.149. The highest BCUT2D eigenvalue weighted by atomic mass is 16.5. The fourth-order valence-corrected chi connectivity index (χ4v) is 4.65. The molecule has 8 nitrogen and oxygen atoms in total. The van der Waals surface area contributed by atoms with Crippen LogP contribution in [-0.4, -0.2) is 54.5 Å². The minimum Gasteiger partial charge on any atom is -0.507 e. The first-order valence-corrected chi connectivity index (χ1v) is 11.4. The minimum atomic E-state index is -0.542. The fraction of sp³-hybridized carbons (Fsp3) is 0.520. The topological polar surface area (TPSA) is 90.2 Å². The van der Waals surface area contributed by atoms with Crippen molar-refractivity contribution in [3.8, 4) is 17.2 Å². The van der Waals surface area contributed by atoms with Crippen molar-refractivity contribution in [3.63, 3.8) is 0 Å². The molecule has 0 unspecified atom stereocenters. The SMILES string of the molecule is CCOC(=O)C1CCN([C@H](c2ccc(OC)cc2OC)c2c(O)cc(C)n(CC)c2=O)CC1.